The molecule has 186 valence electrons. The maximum Gasteiger partial charge on any atom is 0.242 e. The van der Waals surface area contributed by atoms with Gasteiger partial charge in [-0.1, -0.05) is 36.0 Å². The standard InChI is InChI=1S/C27H26FN3O4S/c1-34-21-13-7-18(8-14-21)15-16-31-26(33)24(36-27(31)29-20-11-9-19(28)10-12-20)17-25(32)30-22-5-3-4-6-23(22)35-2/h3-14,24H,15-17H2,1-2H3,(H,30,32)/t24-/m0/s1. The summed E-state index contributed by atoms with van der Waals surface area (Å²) in [5, 5.41) is 2.67. The van der Waals surface area contributed by atoms with Crippen molar-refractivity contribution in [2.45, 2.75) is 18.1 Å². The molecule has 0 unspecified atom stereocenters. The van der Waals surface area contributed by atoms with Gasteiger partial charge in [-0.05, 0) is 60.5 Å². The van der Waals surface area contributed by atoms with E-state index in [2.05, 4.69) is 10.3 Å². The van der Waals surface area contributed by atoms with Crippen LogP contribution in [0.5, 0.6) is 11.5 Å². The Balaban J connectivity index is 1.50. The van der Waals surface area contributed by atoms with Gasteiger partial charge >= 0.3 is 0 Å². The molecule has 0 bridgehead atoms. The number of halogens is 1. The summed E-state index contributed by atoms with van der Waals surface area (Å²) in [5.74, 6) is 0.437. The van der Waals surface area contributed by atoms with Crippen LogP contribution in [0.25, 0.3) is 0 Å². The highest BCUT2D eigenvalue weighted by atomic mass is 32.2. The van der Waals surface area contributed by atoms with Crippen molar-refractivity contribution in [3.63, 3.8) is 0 Å². The number of nitrogens with zero attached hydrogens (tertiary/aromatic N) is 2. The Bertz CT molecular complexity index is 1250. The van der Waals surface area contributed by atoms with Crippen LogP contribution in [0.3, 0.4) is 0 Å². The predicted molar refractivity (Wildman–Crippen MR) is 140 cm³/mol. The summed E-state index contributed by atoms with van der Waals surface area (Å²) in [4.78, 5) is 32.3. The quantitative estimate of drug-likeness (QED) is 0.439. The second kappa shape index (κ2) is 11.7. The molecule has 3 aromatic rings. The van der Waals surface area contributed by atoms with Gasteiger partial charge in [-0.3, -0.25) is 14.5 Å². The minimum atomic E-state index is -0.630. The molecule has 9 heteroatoms. The van der Waals surface area contributed by atoms with E-state index in [-0.39, 0.29) is 24.1 Å². The summed E-state index contributed by atoms with van der Waals surface area (Å²) in [6.45, 7) is 0.392. The van der Waals surface area contributed by atoms with E-state index >= 15 is 0 Å². The maximum atomic E-state index is 13.4. The van der Waals surface area contributed by atoms with Crippen LogP contribution >= 0.6 is 11.8 Å². The summed E-state index contributed by atoms with van der Waals surface area (Å²) < 4.78 is 23.9. The molecule has 0 aliphatic carbocycles. The number of rotatable bonds is 9. The zero-order valence-electron chi connectivity index (χ0n) is 19.9. The lowest BCUT2D eigenvalue weighted by Crippen LogP contribution is -2.35. The number of aliphatic imine (C=N–C) groups is 1. The van der Waals surface area contributed by atoms with E-state index in [1.165, 1.54) is 31.0 Å². The molecule has 7 nitrogen and oxygen atoms in total. The van der Waals surface area contributed by atoms with Gasteiger partial charge in [-0.25, -0.2) is 9.38 Å². The average molecular weight is 508 g/mol. The fraction of sp³-hybridized carbons (Fsp3) is 0.222. The Morgan fingerprint density at radius 2 is 1.75 bits per heavy atom. The summed E-state index contributed by atoms with van der Waals surface area (Å²) in [7, 11) is 3.14. The molecule has 0 spiro atoms. The fourth-order valence-corrected chi connectivity index (χ4v) is 4.89. The summed E-state index contributed by atoms with van der Waals surface area (Å²) in [5.41, 5.74) is 2.10. The van der Waals surface area contributed by atoms with Gasteiger partial charge in [0.05, 0.1) is 25.6 Å². The first-order chi connectivity index (χ1) is 17.5. The van der Waals surface area contributed by atoms with Crippen LogP contribution in [0.4, 0.5) is 15.8 Å². The molecular formula is C27H26FN3O4S. The van der Waals surface area contributed by atoms with Crippen LogP contribution in [-0.4, -0.2) is 47.9 Å². The largest absolute Gasteiger partial charge is 0.497 e. The molecule has 0 radical (unpaired) electrons. The highest BCUT2D eigenvalue weighted by Gasteiger charge is 2.39. The van der Waals surface area contributed by atoms with Crippen molar-refractivity contribution in [2.75, 3.05) is 26.1 Å². The third-order valence-electron chi connectivity index (χ3n) is 5.61. The highest BCUT2D eigenvalue weighted by molar-refractivity contribution is 8.15. The number of ether oxygens (including phenoxy) is 2. The van der Waals surface area contributed by atoms with Crippen molar-refractivity contribution in [2.24, 2.45) is 4.99 Å². The lowest BCUT2D eigenvalue weighted by Gasteiger charge is -2.17. The third-order valence-corrected chi connectivity index (χ3v) is 6.78. The maximum absolute atomic E-state index is 13.4. The molecule has 1 fully saturated rings. The van der Waals surface area contributed by atoms with Crippen LogP contribution in [-0.2, 0) is 16.0 Å². The Morgan fingerprint density at radius 1 is 1.03 bits per heavy atom. The average Bonchev–Trinajstić information content (AvgIpc) is 3.18. The SMILES string of the molecule is COc1ccc(CCN2C(=O)[C@H](CC(=O)Nc3ccccc3OC)SC2=Nc2ccc(F)cc2)cc1. The molecular weight excluding hydrogens is 481 g/mol. The van der Waals surface area contributed by atoms with Gasteiger partial charge in [-0.2, -0.15) is 0 Å². The zero-order chi connectivity index (χ0) is 25.5. The third kappa shape index (κ3) is 6.23. The molecule has 1 heterocycles. The number of methoxy groups -OCH3 is 2. The van der Waals surface area contributed by atoms with Crippen LogP contribution in [0, 0.1) is 5.82 Å². The first-order valence-electron chi connectivity index (χ1n) is 11.3. The van der Waals surface area contributed by atoms with E-state index in [0.717, 1.165) is 11.3 Å². The molecule has 1 saturated heterocycles. The van der Waals surface area contributed by atoms with E-state index in [4.69, 9.17) is 9.47 Å². The fourth-order valence-electron chi connectivity index (χ4n) is 3.71. The van der Waals surface area contributed by atoms with Crippen LogP contribution in [0.2, 0.25) is 0 Å². The molecule has 1 atom stereocenters. The molecule has 4 rings (SSSR count). The number of nitrogens with one attached hydrogen (secondary N) is 1. The second-order valence-electron chi connectivity index (χ2n) is 8.02. The zero-order valence-corrected chi connectivity index (χ0v) is 20.8. The lowest BCUT2D eigenvalue weighted by molar-refractivity contribution is -0.128. The molecule has 0 aromatic heterocycles. The molecule has 1 N–H and O–H groups in total. The number of amides is 2. The van der Waals surface area contributed by atoms with Gasteiger partial charge < -0.3 is 14.8 Å². The van der Waals surface area contributed by atoms with Crippen molar-refractivity contribution in [1.82, 2.24) is 4.90 Å². The smallest absolute Gasteiger partial charge is 0.242 e. The number of carbonyl (C=O) groups excluding carboxylic acids is 2. The van der Waals surface area contributed by atoms with E-state index in [0.29, 0.717) is 35.3 Å². The van der Waals surface area contributed by atoms with Crippen LogP contribution in [0.15, 0.2) is 77.8 Å². The number of para-hydroxylation sites is 2. The number of thioether (sulfide) groups is 1. The second-order valence-corrected chi connectivity index (χ2v) is 9.19. The van der Waals surface area contributed by atoms with Crippen LogP contribution in [0.1, 0.15) is 12.0 Å². The number of carbonyl (C=O) groups is 2. The van der Waals surface area contributed by atoms with Gasteiger partial charge in [0.15, 0.2) is 5.17 Å². The Kier molecular flexibility index (Phi) is 8.22. The number of amidine groups is 1. The van der Waals surface area contributed by atoms with Gasteiger partial charge in [0, 0.05) is 13.0 Å². The minimum absolute atomic E-state index is 0.0248. The minimum Gasteiger partial charge on any atom is -0.497 e. The first-order valence-corrected chi connectivity index (χ1v) is 12.2. The Hall–Kier alpha value is -3.85. The van der Waals surface area contributed by atoms with Crippen molar-refractivity contribution in [3.05, 3.63) is 84.2 Å². The van der Waals surface area contributed by atoms with Crippen molar-refractivity contribution in [1.29, 1.82) is 0 Å². The van der Waals surface area contributed by atoms with Gasteiger partial charge in [0.25, 0.3) is 0 Å². The normalized spacial score (nSPS) is 16.3. The molecule has 0 saturated carbocycles. The summed E-state index contributed by atoms with van der Waals surface area (Å²) in [6, 6.07) is 20.5. The summed E-state index contributed by atoms with van der Waals surface area (Å²) in [6.07, 6.45) is 0.571. The molecule has 2 amide bonds. The van der Waals surface area contributed by atoms with Crippen molar-refractivity contribution < 1.29 is 23.5 Å². The van der Waals surface area contributed by atoms with Crippen LogP contribution < -0.4 is 14.8 Å². The monoisotopic (exact) mass is 507 g/mol. The lowest BCUT2D eigenvalue weighted by atomic mass is 10.1. The number of hydrogen-bond donors (Lipinski definition) is 1. The Morgan fingerprint density at radius 3 is 2.44 bits per heavy atom. The molecule has 36 heavy (non-hydrogen) atoms. The number of anilines is 1. The topological polar surface area (TPSA) is 80.2 Å². The summed E-state index contributed by atoms with van der Waals surface area (Å²) >= 11 is 1.24. The number of hydrogen-bond acceptors (Lipinski definition) is 6. The Labute approximate surface area is 213 Å². The van der Waals surface area contributed by atoms with Gasteiger partial charge in [0.2, 0.25) is 11.8 Å². The van der Waals surface area contributed by atoms with E-state index in [1.54, 1.807) is 42.3 Å². The molecule has 1 aliphatic rings. The van der Waals surface area contributed by atoms with E-state index < -0.39 is 5.25 Å². The first kappa shape index (κ1) is 25.2. The predicted octanol–water partition coefficient (Wildman–Crippen LogP) is 5.05. The number of benzene rings is 3. The van der Waals surface area contributed by atoms with Crippen molar-refractivity contribution in [3.8, 4) is 11.5 Å². The van der Waals surface area contributed by atoms with Gasteiger partial charge in [-0.15, -0.1) is 0 Å². The van der Waals surface area contributed by atoms with Crippen molar-refractivity contribution >= 4 is 40.1 Å². The van der Waals surface area contributed by atoms with E-state index in [9.17, 15) is 14.0 Å². The highest BCUT2D eigenvalue weighted by Crippen LogP contribution is 2.33. The molecule has 1 aliphatic heterocycles. The van der Waals surface area contributed by atoms with Gasteiger partial charge in [0.1, 0.15) is 22.6 Å². The van der Waals surface area contributed by atoms with E-state index in [1.807, 2.05) is 30.3 Å². The molecule has 3 aromatic carbocycles.